The van der Waals surface area contributed by atoms with E-state index in [1.54, 1.807) is 34.6 Å². The molecule has 0 aliphatic carbocycles. The van der Waals surface area contributed by atoms with Crippen molar-refractivity contribution >= 4 is 11.9 Å². The summed E-state index contributed by atoms with van der Waals surface area (Å²) in [4.78, 5) is 22.9. The van der Waals surface area contributed by atoms with Crippen molar-refractivity contribution in [2.75, 3.05) is 6.61 Å². The molecule has 0 fully saturated rings. The van der Waals surface area contributed by atoms with Gasteiger partial charge in [-0.25, -0.2) is 4.79 Å². The molecule has 5 heteroatoms. The maximum Gasteiger partial charge on any atom is 0.328 e. The van der Waals surface area contributed by atoms with Gasteiger partial charge >= 0.3 is 5.97 Å². The smallest absolute Gasteiger partial charge is 0.328 e. The highest BCUT2D eigenvalue weighted by molar-refractivity contribution is 5.85. The van der Waals surface area contributed by atoms with Gasteiger partial charge in [-0.15, -0.1) is 0 Å². The quantitative estimate of drug-likeness (QED) is 0.689. The molecule has 0 aromatic rings. The van der Waals surface area contributed by atoms with Crippen molar-refractivity contribution in [1.29, 1.82) is 0 Å². The number of hydrogen-bond acceptors (Lipinski definition) is 4. The second-order valence-corrected chi connectivity index (χ2v) is 4.85. The van der Waals surface area contributed by atoms with Crippen LogP contribution in [-0.2, 0) is 14.3 Å². The molecule has 2 atom stereocenters. The van der Waals surface area contributed by atoms with E-state index < -0.39 is 23.5 Å². The molecule has 2 N–H and O–H groups in total. The first kappa shape index (κ1) is 14.9. The van der Waals surface area contributed by atoms with E-state index in [2.05, 4.69) is 5.32 Å². The number of hydrogen-bond donors (Lipinski definition) is 2. The zero-order valence-corrected chi connectivity index (χ0v) is 10.5. The molecule has 0 aliphatic heterocycles. The zero-order chi connectivity index (χ0) is 12.9. The Balaban J connectivity index is 4.21. The van der Waals surface area contributed by atoms with E-state index in [0.29, 0.717) is 0 Å². The molecule has 94 valence electrons. The Morgan fingerprint density at radius 1 is 1.31 bits per heavy atom. The molecule has 0 aromatic carbocycles. The van der Waals surface area contributed by atoms with Gasteiger partial charge in [-0.1, -0.05) is 6.92 Å². The first-order chi connectivity index (χ1) is 7.17. The Hall–Kier alpha value is -1.10. The molecule has 0 rings (SSSR count). The molecule has 1 amide bonds. The summed E-state index contributed by atoms with van der Waals surface area (Å²) in [6, 6.07) is -0.708. The van der Waals surface area contributed by atoms with E-state index in [9.17, 15) is 9.59 Å². The van der Waals surface area contributed by atoms with Gasteiger partial charge in [0, 0.05) is 0 Å². The summed E-state index contributed by atoms with van der Waals surface area (Å²) in [6.07, 6.45) is 0. The van der Waals surface area contributed by atoms with Crippen molar-refractivity contribution < 1.29 is 19.4 Å². The van der Waals surface area contributed by atoms with Crippen molar-refractivity contribution in [1.82, 2.24) is 5.32 Å². The molecule has 0 saturated carbocycles. The van der Waals surface area contributed by atoms with Crippen molar-refractivity contribution in [3.63, 3.8) is 0 Å². The lowest BCUT2D eigenvalue weighted by Crippen LogP contribution is -2.44. The topological polar surface area (TPSA) is 75.6 Å². The van der Waals surface area contributed by atoms with Crippen LogP contribution in [0.2, 0.25) is 0 Å². The Labute approximate surface area is 96.2 Å². The van der Waals surface area contributed by atoms with Crippen molar-refractivity contribution in [2.45, 2.75) is 46.3 Å². The fourth-order valence-electron chi connectivity index (χ4n) is 0.888. The molecular formula is C11H21NO4. The predicted octanol–water partition coefficient (Wildman–Crippen LogP) is 0.461. The van der Waals surface area contributed by atoms with Gasteiger partial charge in [0.25, 0.3) is 0 Å². The molecule has 0 saturated heterocycles. The monoisotopic (exact) mass is 231 g/mol. The van der Waals surface area contributed by atoms with Crippen molar-refractivity contribution in [3.05, 3.63) is 0 Å². The van der Waals surface area contributed by atoms with Crippen LogP contribution in [0.1, 0.15) is 34.6 Å². The number of aliphatic hydroxyl groups is 1. The van der Waals surface area contributed by atoms with Crippen molar-refractivity contribution in [2.24, 2.45) is 5.92 Å². The summed E-state index contributed by atoms with van der Waals surface area (Å²) in [7, 11) is 0. The molecule has 0 spiro atoms. The number of carbonyl (C=O) groups excluding carboxylic acids is 2. The van der Waals surface area contributed by atoms with Gasteiger partial charge in [-0.05, 0) is 27.7 Å². The van der Waals surface area contributed by atoms with Gasteiger partial charge in [-0.3, -0.25) is 4.79 Å². The minimum absolute atomic E-state index is 0.243. The highest BCUT2D eigenvalue weighted by atomic mass is 16.6. The predicted molar refractivity (Wildman–Crippen MR) is 59.7 cm³/mol. The van der Waals surface area contributed by atoms with E-state index in [0.717, 1.165) is 0 Å². The Kier molecular flexibility index (Phi) is 5.44. The summed E-state index contributed by atoms with van der Waals surface area (Å²) in [6.45, 7) is 8.17. The van der Waals surface area contributed by atoms with Gasteiger partial charge in [-0.2, -0.15) is 0 Å². The molecule has 0 aliphatic rings. The zero-order valence-electron chi connectivity index (χ0n) is 10.5. The number of carbonyl (C=O) groups is 2. The minimum atomic E-state index is -0.708. The van der Waals surface area contributed by atoms with Crippen LogP contribution in [0.15, 0.2) is 0 Å². The van der Waals surface area contributed by atoms with Crippen LogP contribution in [0.4, 0.5) is 0 Å². The second kappa shape index (κ2) is 5.84. The molecule has 0 radical (unpaired) electrons. The normalized spacial score (nSPS) is 15.1. The van der Waals surface area contributed by atoms with Crippen LogP contribution in [0, 0.1) is 5.92 Å². The van der Waals surface area contributed by atoms with E-state index in [-0.39, 0.29) is 12.5 Å². The minimum Gasteiger partial charge on any atom is -0.458 e. The average Bonchev–Trinajstić information content (AvgIpc) is 2.13. The van der Waals surface area contributed by atoms with Gasteiger partial charge in [0.1, 0.15) is 11.6 Å². The second-order valence-electron chi connectivity index (χ2n) is 4.85. The lowest BCUT2D eigenvalue weighted by molar-refractivity contribution is -0.158. The third-order valence-corrected chi connectivity index (χ3v) is 1.84. The third kappa shape index (κ3) is 5.70. The summed E-state index contributed by atoms with van der Waals surface area (Å²) in [5, 5.41) is 11.2. The van der Waals surface area contributed by atoms with Crippen molar-refractivity contribution in [3.8, 4) is 0 Å². The van der Waals surface area contributed by atoms with E-state index in [1.807, 2.05) is 0 Å². The van der Waals surface area contributed by atoms with Gasteiger partial charge < -0.3 is 15.2 Å². The fraction of sp³-hybridized carbons (Fsp3) is 0.818. The summed E-state index contributed by atoms with van der Waals surface area (Å²) < 4.78 is 5.10. The summed E-state index contributed by atoms with van der Waals surface area (Å²) in [5.74, 6) is -1.36. The first-order valence-corrected chi connectivity index (χ1v) is 5.31. The number of ether oxygens (including phenoxy) is 1. The van der Waals surface area contributed by atoms with E-state index >= 15 is 0 Å². The molecule has 5 nitrogen and oxygen atoms in total. The number of nitrogens with one attached hydrogen (secondary N) is 1. The standard InChI is InChI=1S/C11H21NO4/c1-7(6-13)9(14)12-8(2)10(15)16-11(3,4)5/h7-8,13H,6H2,1-5H3,(H,12,14)/t7?,8-/m0/s1. The maximum atomic E-state index is 11.5. The highest BCUT2D eigenvalue weighted by Gasteiger charge is 2.24. The molecule has 0 heterocycles. The van der Waals surface area contributed by atoms with Crippen LogP contribution in [0.3, 0.4) is 0 Å². The van der Waals surface area contributed by atoms with Crippen LogP contribution in [0.25, 0.3) is 0 Å². The average molecular weight is 231 g/mol. The molecule has 16 heavy (non-hydrogen) atoms. The summed E-state index contributed by atoms with van der Waals surface area (Å²) >= 11 is 0. The largest absolute Gasteiger partial charge is 0.458 e. The Bertz CT molecular complexity index is 257. The fourth-order valence-corrected chi connectivity index (χ4v) is 0.888. The molecule has 0 aromatic heterocycles. The van der Waals surface area contributed by atoms with Crippen LogP contribution in [0.5, 0.6) is 0 Å². The first-order valence-electron chi connectivity index (χ1n) is 5.31. The molecule has 0 bridgehead atoms. The lowest BCUT2D eigenvalue weighted by Gasteiger charge is -2.23. The van der Waals surface area contributed by atoms with E-state index in [1.165, 1.54) is 0 Å². The number of amides is 1. The molecular weight excluding hydrogens is 210 g/mol. The highest BCUT2D eigenvalue weighted by Crippen LogP contribution is 2.08. The Morgan fingerprint density at radius 3 is 2.19 bits per heavy atom. The van der Waals surface area contributed by atoms with E-state index in [4.69, 9.17) is 9.84 Å². The molecule has 1 unspecified atom stereocenters. The number of rotatable bonds is 4. The maximum absolute atomic E-state index is 11.5. The lowest BCUT2D eigenvalue weighted by atomic mass is 10.1. The number of esters is 1. The van der Waals surface area contributed by atoms with Gasteiger partial charge in [0.2, 0.25) is 5.91 Å². The van der Waals surface area contributed by atoms with Crippen LogP contribution in [-0.4, -0.2) is 35.2 Å². The number of aliphatic hydroxyl groups excluding tert-OH is 1. The van der Waals surface area contributed by atoms with Gasteiger partial charge in [0.15, 0.2) is 0 Å². The SMILES string of the molecule is CC(CO)C(=O)N[C@@H](C)C(=O)OC(C)(C)C. The third-order valence-electron chi connectivity index (χ3n) is 1.84. The van der Waals surface area contributed by atoms with Crippen LogP contribution >= 0.6 is 0 Å². The van der Waals surface area contributed by atoms with Gasteiger partial charge in [0.05, 0.1) is 12.5 Å². The Morgan fingerprint density at radius 2 is 1.81 bits per heavy atom. The summed E-state index contributed by atoms with van der Waals surface area (Å²) in [5.41, 5.74) is -0.571. The van der Waals surface area contributed by atoms with Crippen LogP contribution < -0.4 is 5.32 Å².